The van der Waals surface area contributed by atoms with Crippen LogP contribution in [0.1, 0.15) is 11.1 Å². The lowest BCUT2D eigenvalue weighted by atomic mass is 10.2. The minimum atomic E-state index is 0.927. The Morgan fingerprint density at radius 2 is 1.41 bits per heavy atom. The van der Waals surface area contributed by atoms with Crippen molar-refractivity contribution in [2.24, 2.45) is 0 Å². The van der Waals surface area contributed by atoms with Gasteiger partial charge in [-0.2, -0.15) is 4.80 Å². The highest BCUT2D eigenvalue weighted by Crippen LogP contribution is 2.14. The first-order valence-corrected chi connectivity index (χ1v) is 5.63. The molecular formula is C14H13N3. The van der Waals surface area contributed by atoms with Crippen molar-refractivity contribution < 1.29 is 0 Å². The SMILES string of the molecule is Cc1ccc(-n2nc3ccc(C)cc3n2)cc1. The summed E-state index contributed by atoms with van der Waals surface area (Å²) in [4.78, 5) is 1.68. The molecule has 0 aliphatic rings. The topological polar surface area (TPSA) is 30.7 Å². The van der Waals surface area contributed by atoms with E-state index in [1.165, 1.54) is 11.1 Å². The number of aromatic nitrogens is 3. The molecule has 0 aliphatic heterocycles. The molecule has 0 saturated carbocycles. The van der Waals surface area contributed by atoms with Gasteiger partial charge in [-0.25, -0.2) is 0 Å². The molecule has 84 valence electrons. The zero-order valence-corrected chi connectivity index (χ0v) is 9.88. The Kier molecular flexibility index (Phi) is 2.18. The second-order valence-corrected chi connectivity index (χ2v) is 4.32. The Hall–Kier alpha value is -2.16. The van der Waals surface area contributed by atoms with Gasteiger partial charge in [0, 0.05) is 0 Å². The van der Waals surface area contributed by atoms with E-state index in [0.717, 1.165) is 16.7 Å². The Balaban J connectivity index is 2.14. The number of hydrogen-bond donors (Lipinski definition) is 0. The predicted molar refractivity (Wildman–Crippen MR) is 68.3 cm³/mol. The smallest absolute Gasteiger partial charge is 0.113 e. The molecule has 0 unspecified atom stereocenters. The van der Waals surface area contributed by atoms with Crippen LogP contribution in [0, 0.1) is 13.8 Å². The van der Waals surface area contributed by atoms with Gasteiger partial charge < -0.3 is 0 Å². The van der Waals surface area contributed by atoms with Crippen LogP contribution >= 0.6 is 0 Å². The van der Waals surface area contributed by atoms with E-state index in [2.05, 4.69) is 42.2 Å². The molecule has 1 heterocycles. The molecule has 0 fully saturated rings. The maximum atomic E-state index is 4.48. The van der Waals surface area contributed by atoms with Crippen LogP contribution < -0.4 is 0 Å². The van der Waals surface area contributed by atoms with Gasteiger partial charge in [0.2, 0.25) is 0 Å². The van der Waals surface area contributed by atoms with Crippen LogP contribution in [-0.4, -0.2) is 15.0 Å². The van der Waals surface area contributed by atoms with Crippen molar-refractivity contribution in [3.05, 3.63) is 53.6 Å². The first-order valence-electron chi connectivity index (χ1n) is 5.63. The number of hydrogen-bond acceptors (Lipinski definition) is 2. The van der Waals surface area contributed by atoms with Crippen LogP contribution in [0.3, 0.4) is 0 Å². The van der Waals surface area contributed by atoms with Crippen LogP contribution in [-0.2, 0) is 0 Å². The third-order valence-corrected chi connectivity index (χ3v) is 2.80. The summed E-state index contributed by atoms with van der Waals surface area (Å²) >= 11 is 0. The fourth-order valence-electron chi connectivity index (χ4n) is 1.82. The quantitative estimate of drug-likeness (QED) is 0.634. The third kappa shape index (κ3) is 1.80. The lowest BCUT2D eigenvalue weighted by molar-refractivity contribution is 0.765. The van der Waals surface area contributed by atoms with Gasteiger partial charge in [0.05, 0.1) is 5.69 Å². The Morgan fingerprint density at radius 3 is 2.18 bits per heavy atom. The van der Waals surface area contributed by atoms with Gasteiger partial charge in [0.15, 0.2) is 0 Å². The molecule has 0 saturated heterocycles. The number of rotatable bonds is 1. The first kappa shape index (κ1) is 10.0. The summed E-state index contributed by atoms with van der Waals surface area (Å²) in [6, 6.07) is 14.3. The lowest BCUT2D eigenvalue weighted by Gasteiger charge is -1.98. The molecule has 17 heavy (non-hydrogen) atoms. The average molecular weight is 223 g/mol. The van der Waals surface area contributed by atoms with E-state index in [1.807, 2.05) is 24.3 Å². The molecule has 0 amide bonds. The number of benzene rings is 2. The lowest BCUT2D eigenvalue weighted by Crippen LogP contribution is -1.97. The Labute approximate surface area is 99.7 Å². The summed E-state index contributed by atoms with van der Waals surface area (Å²) in [5.41, 5.74) is 5.29. The van der Waals surface area contributed by atoms with Crippen molar-refractivity contribution in [3.63, 3.8) is 0 Å². The molecule has 0 N–H and O–H groups in total. The summed E-state index contributed by atoms with van der Waals surface area (Å²) in [5, 5.41) is 8.94. The zero-order chi connectivity index (χ0) is 11.8. The van der Waals surface area contributed by atoms with E-state index in [-0.39, 0.29) is 0 Å². The van der Waals surface area contributed by atoms with Crippen molar-refractivity contribution in [2.45, 2.75) is 13.8 Å². The fourth-order valence-corrected chi connectivity index (χ4v) is 1.82. The molecule has 0 aliphatic carbocycles. The van der Waals surface area contributed by atoms with E-state index in [4.69, 9.17) is 0 Å². The summed E-state index contributed by atoms with van der Waals surface area (Å²) < 4.78 is 0. The zero-order valence-electron chi connectivity index (χ0n) is 9.88. The molecule has 0 spiro atoms. The fraction of sp³-hybridized carbons (Fsp3) is 0.143. The molecule has 0 bridgehead atoms. The van der Waals surface area contributed by atoms with Gasteiger partial charge >= 0.3 is 0 Å². The van der Waals surface area contributed by atoms with Crippen LogP contribution in [0.25, 0.3) is 16.7 Å². The number of fused-ring (bicyclic) bond motifs is 1. The molecule has 1 aromatic heterocycles. The third-order valence-electron chi connectivity index (χ3n) is 2.80. The van der Waals surface area contributed by atoms with Gasteiger partial charge in [-0.3, -0.25) is 0 Å². The maximum absolute atomic E-state index is 4.48. The Morgan fingerprint density at radius 1 is 0.765 bits per heavy atom. The van der Waals surface area contributed by atoms with E-state index < -0.39 is 0 Å². The summed E-state index contributed by atoms with van der Waals surface area (Å²) in [7, 11) is 0. The number of aryl methyl sites for hydroxylation is 2. The highest BCUT2D eigenvalue weighted by Gasteiger charge is 2.03. The summed E-state index contributed by atoms with van der Waals surface area (Å²) in [5.74, 6) is 0. The van der Waals surface area contributed by atoms with E-state index in [0.29, 0.717) is 0 Å². The molecule has 0 radical (unpaired) electrons. The van der Waals surface area contributed by atoms with Crippen LogP contribution in [0.4, 0.5) is 0 Å². The van der Waals surface area contributed by atoms with Gasteiger partial charge in [0.25, 0.3) is 0 Å². The van der Waals surface area contributed by atoms with Crippen molar-refractivity contribution in [2.75, 3.05) is 0 Å². The largest absolute Gasteiger partial charge is 0.150 e. The summed E-state index contributed by atoms with van der Waals surface area (Å²) in [6.07, 6.45) is 0. The van der Waals surface area contributed by atoms with Gasteiger partial charge in [-0.15, -0.1) is 10.2 Å². The maximum Gasteiger partial charge on any atom is 0.113 e. The van der Waals surface area contributed by atoms with Crippen molar-refractivity contribution in [1.29, 1.82) is 0 Å². The second kappa shape index (κ2) is 3.70. The minimum absolute atomic E-state index is 0.927. The molecular weight excluding hydrogens is 210 g/mol. The molecule has 3 aromatic rings. The Bertz CT molecular complexity index is 666. The highest BCUT2D eigenvalue weighted by atomic mass is 15.5. The molecule has 0 atom stereocenters. The minimum Gasteiger partial charge on any atom is -0.150 e. The second-order valence-electron chi connectivity index (χ2n) is 4.32. The van der Waals surface area contributed by atoms with Crippen LogP contribution in [0.2, 0.25) is 0 Å². The van der Waals surface area contributed by atoms with Crippen LogP contribution in [0.5, 0.6) is 0 Å². The monoisotopic (exact) mass is 223 g/mol. The first-order chi connectivity index (χ1) is 8.22. The number of nitrogens with zero attached hydrogens (tertiary/aromatic N) is 3. The normalized spacial score (nSPS) is 10.9. The van der Waals surface area contributed by atoms with E-state index >= 15 is 0 Å². The van der Waals surface area contributed by atoms with E-state index in [1.54, 1.807) is 4.80 Å². The highest BCUT2D eigenvalue weighted by molar-refractivity contribution is 5.74. The van der Waals surface area contributed by atoms with Crippen LogP contribution in [0.15, 0.2) is 42.5 Å². The summed E-state index contributed by atoms with van der Waals surface area (Å²) in [6.45, 7) is 4.13. The molecule has 3 nitrogen and oxygen atoms in total. The van der Waals surface area contributed by atoms with Crippen molar-refractivity contribution in [3.8, 4) is 5.69 Å². The molecule has 2 aromatic carbocycles. The van der Waals surface area contributed by atoms with Crippen molar-refractivity contribution >= 4 is 11.0 Å². The standard InChI is InChI=1S/C14H13N3/c1-10-3-6-12(7-4-10)17-15-13-8-5-11(2)9-14(13)16-17/h3-9H,1-2H3. The predicted octanol–water partition coefficient (Wildman–Crippen LogP) is 3.04. The average Bonchev–Trinajstić information content (AvgIpc) is 2.72. The molecule has 3 heteroatoms. The molecule has 3 rings (SSSR count). The van der Waals surface area contributed by atoms with Gasteiger partial charge in [0.1, 0.15) is 11.0 Å². The van der Waals surface area contributed by atoms with Gasteiger partial charge in [-0.05, 0) is 43.7 Å². The van der Waals surface area contributed by atoms with Gasteiger partial charge in [-0.1, -0.05) is 23.8 Å². The van der Waals surface area contributed by atoms with E-state index in [9.17, 15) is 0 Å². The van der Waals surface area contributed by atoms with Crippen molar-refractivity contribution in [1.82, 2.24) is 15.0 Å².